The molecule has 194 valence electrons. The summed E-state index contributed by atoms with van der Waals surface area (Å²) in [7, 11) is 0. The van der Waals surface area contributed by atoms with Gasteiger partial charge in [0.15, 0.2) is 11.5 Å². The van der Waals surface area contributed by atoms with E-state index in [2.05, 4.69) is 19.2 Å². The van der Waals surface area contributed by atoms with Crippen LogP contribution in [0, 0.1) is 11.3 Å². The van der Waals surface area contributed by atoms with Gasteiger partial charge in [0, 0.05) is 25.7 Å². The minimum Gasteiger partial charge on any atom is -0.486 e. The number of carbonyl (C=O) groups excluding carboxylic acids is 1. The zero-order valence-corrected chi connectivity index (χ0v) is 20.8. The number of benzene rings is 2. The second kappa shape index (κ2) is 9.61. The first-order valence-electron chi connectivity index (χ1n) is 12.8. The van der Waals surface area contributed by atoms with Crippen LogP contribution in [0.3, 0.4) is 0 Å². The highest BCUT2D eigenvalue weighted by molar-refractivity contribution is 5.84. The molecule has 0 unspecified atom stereocenters. The molecule has 0 aromatic heterocycles. The summed E-state index contributed by atoms with van der Waals surface area (Å²) in [6, 6.07) is 10.1. The van der Waals surface area contributed by atoms with E-state index in [0.717, 1.165) is 48.0 Å². The molecule has 1 N–H and O–H groups in total. The van der Waals surface area contributed by atoms with Crippen molar-refractivity contribution in [3.8, 4) is 11.5 Å². The molecule has 0 radical (unpaired) electrons. The van der Waals surface area contributed by atoms with Crippen LogP contribution in [-0.2, 0) is 30.5 Å². The van der Waals surface area contributed by atoms with Crippen LogP contribution in [0.15, 0.2) is 36.4 Å². The van der Waals surface area contributed by atoms with E-state index in [1.807, 2.05) is 18.2 Å². The molecule has 8 heteroatoms. The average Bonchev–Trinajstić information content (AvgIpc) is 3.31. The number of hydrogen-bond acceptors (Lipinski definition) is 4. The predicted molar refractivity (Wildman–Crippen MR) is 130 cm³/mol. The van der Waals surface area contributed by atoms with Gasteiger partial charge in [-0.1, -0.05) is 26.0 Å². The van der Waals surface area contributed by atoms with Crippen LogP contribution in [-0.4, -0.2) is 36.6 Å². The van der Waals surface area contributed by atoms with E-state index in [-0.39, 0.29) is 24.4 Å². The summed E-state index contributed by atoms with van der Waals surface area (Å²) >= 11 is 0. The molecule has 2 heterocycles. The maximum atomic E-state index is 13.9. The summed E-state index contributed by atoms with van der Waals surface area (Å²) < 4.78 is 51.0. The molecular formula is C28H33F3N2O3. The molecule has 1 fully saturated rings. The normalized spacial score (nSPS) is 23.6. The predicted octanol–water partition coefficient (Wildman–Crippen LogP) is 5.35. The number of alkyl halides is 3. The van der Waals surface area contributed by atoms with Crippen molar-refractivity contribution in [2.24, 2.45) is 11.3 Å². The Bertz CT molecular complexity index is 1130. The number of halogens is 3. The lowest BCUT2D eigenvalue weighted by atomic mass is 9.74. The SMILES string of the molecule is CC(C)[C@]1(C(=O)N2CCc3ccc(C(F)(F)F)cc3C2)CC[C@@H](NCc2ccc3c(c2)OCCO3)C1. The third kappa shape index (κ3) is 4.80. The molecule has 5 nitrogen and oxygen atoms in total. The fourth-order valence-electron chi connectivity index (χ4n) is 5.90. The number of nitrogens with one attached hydrogen (secondary N) is 1. The van der Waals surface area contributed by atoms with Crippen molar-refractivity contribution < 1.29 is 27.4 Å². The number of hydrogen-bond donors (Lipinski definition) is 1. The smallest absolute Gasteiger partial charge is 0.416 e. The summed E-state index contributed by atoms with van der Waals surface area (Å²) in [5.74, 6) is 1.73. The molecule has 1 amide bonds. The van der Waals surface area contributed by atoms with Gasteiger partial charge in [-0.05, 0) is 72.6 Å². The lowest BCUT2D eigenvalue weighted by Gasteiger charge is -2.40. The summed E-state index contributed by atoms with van der Waals surface area (Å²) in [5, 5.41) is 3.62. The van der Waals surface area contributed by atoms with E-state index in [1.54, 1.807) is 11.0 Å². The Hall–Kier alpha value is -2.74. The Morgan fingerprint density at radius 2 is 1.89 bits per heavy atom. The zero-order valence-electron chi connectivity index (χ0n) is 20.8. The highest BCUT2D eigenvalue weighted by Crippen LogP contribution is 2.47. The van der Waals surface area contributed by atoms with Crippen molar-refractivity contribution in [2.75, 3.05) is 19.8 Å². The number of amides is 1. The van der Waals surface area contributed by atoms with Gasteiger partial charge in [0.1, 0.15) is 13.2 Å². The summed E-state index contributed by atoms with van der Waals surface area (Å²) in [4.78, 5) is 15.7. The van der Waals surface area contributed by atoms with E-state index in [1.165, 1.54) is 6.07 Å². The summed E-state index contributed by atoms with van der Waals surface area (Å²) in [6.07, 6.45) is -1.42. The second-order valence-electron chi connectivity index (χ2n) is 10.6. The molecular weight excluding hydrogens is 469 g/mol. The van der Waals surface area contributed by atoms with Crippen LogP contribution in [0.4, 0.5) is 13.2 Å². The van der Waals surface area contributed by atoms with Crippen LogP contribution in [0.1, 0.15) is 55.4 Å². The fraction of sp³-hybridized carbons (Fsp3) is 0.536. The van der Waals surface area contributed by atoms with Gasteiger partial charge in [-0.25, -0.2) is 0 Å². The molecule has 0 bridgehead atoms. The van der Waals surface area contributed by atoms with E-state index in [0.29, 0.717) is 38.3 Å². The molecule has 36 heavy (non-hydrogen) atoms. The molecule has 2 aromatic carbocycles. The molecule has 5 rings (SSSR count). The van der Waals surface area contributed by atoms with Gasteiger partial charge in [-0.2, -0.15) is 13.2 Å². The highest BCUT2D eigenvalue weighted by Gasteiger charge is 2.49. The standard InChI is InChI=1S/C28H33F3N2O3/c1-18(2)27(26(34)33-10-8-20-4-5-22(28(29,30)31)14-21(20)17-33)9-7-23(15-27)32-16-19-3-6-24-25(13-19)36-12-11-35-24/h3-6,13-14,18,23,32H,7-12,15-17H2,1-2H3/t23-,27+/m1/s1. The first-order chi connectivity index (χ1) is 17.2. The summed E-state index contributed by atoms with van der Waals surface area (Å²) in [6.45, 7) is 6.72. The largest absolute Gasteiger partial charge is 0.486 e. The third-order valence-electron chi connectivity index (χ3n) is 8.12. The molecule has 0 saturated heterocycles. The molecule has 2 aliphatic heterocycles. The zero-order chi connectivity index (χ0) is 25.5. The van der Waals surface area contributed by atoms with Gasteiger partial charge >= 0.3 is 6.18 Å². The lowest BCUT2D eigenvalue weighted by molar-refractivity contribution is -0.145. The maximum absolute atomic E-state index is 13.9. The van der Waals surface area contributed by atoms with Gasteiger partial charge in [0.2, 0.25) is 5.91 Å². The van der Waals surface area contributed by atoms with E-state index in [4.69, 9.17) is 9.47 Å². The van der Waals surface area contributed by atoms with Gasteiger partial charge in [-0.3, -0.25) is 4.79 Å². The van der Waals surface area contributed by atoms with Gasteiger partial charge in [-0.15, -0.1) is 0 Å². The number of nitrogens with zero attached hydrogens (tertiary/aromatic N) is 1. The molecule has 2 aromatic rings. The second-order valence-corrected chi connectivity index (χ2v) is 10.6. The van der Waals surface area contributed by atoms with Crippen LogP contribution in [0.2, 0.25) is 0 Å². The van der Waals surface area contributed by atoms with Crippen LogP contribution >= 0.6 is 0 Å². The van der Waals surface area contributed by atoms with Crippen LogP contribution in [0.5, 0.6) is 11.5 Å². The molecule has 3 aliphatic rings. The first-order valence-corrected chi connectivity index (χ1v) is 12.8. The van der Waals surface area contributed by atoms with E-state index >= 15 is 0 Å². The Balaban J connectivity index is 1.26. The highest BCUT2D eigenvalue weighted by atomic mass is 19.4. The van der Waals surface area contributed by atoms with Crippen LogP contribution < -0.4 is 14.8 Å². The topological polar surface area (TPSA) is 50.8 Å². The monoisotopic (exact) mass is 502 g/mol. The van der Waals surface area contributed by atoms with E-state index in [9.17, 15) is 18.0 Å². The van der Waals surface area contributed by atoms with Crippen molar-refractivity contribution in [2.45, 2.75) is 64.8 Å². The Kier molecular flexibility index (Phi) is 6.66. The van der Waals surface area contributed by atoms with Crippen molar-refractivity contribution in [3.05, 3.63) is 58.7 Å². The van der Waals surface area contributed by atoms with Crippen LogP contribution in [0.25, 0.3) is 0 Å². The Labute approximate surface area is 210 Å². The maximum Gasteiger partial charge on any atom is 0.416 e. The average molecular weight is 503 g/mol. The molecule has 1 saturated carbocycles. The Morgan fingerprint density at radius 3 is 2.64 bits per heavy atom. The third-order valence-corrected chi connectivity index (χ3v) is 8.12. The lowest BCUT2D eigenvalue weighted by Crippen LogP contribution is -2.48. The molecule has 1 aliphatic carbocycles. The van der Waals surface area contributed by atoms with Gasteiger partial charge in [0.25, 0.3) is 0 Å². The van der Waals surface area contributed by atoms with Gasteiger partial charge < -0.3 is 19.7 Å². The summed E-state index contributed by atoms with van der Waals surface area (Å²) in [5.41, 5.74) is 1.44. The minimum absolute atomic E-state index is 0.0733. The first kappa shape index (κ1) is 24.9. The number of ether oxygens (including phenoxy) is 2. The number of fused-ring (bicyclic) bond motifs is 2. The van der Waals surface area contributed by atoms with Crippen molar-refractivity contribution in [1.29, 1.82) is 0 Å². The molecule has 0 spiro atoms. The number of carbonyl (C=O) groups is 1. The van der Waals surface area contributed by atoms with Gasteiger partial charge in [0.05, 0.1) is 11.0 Å². The minimum atomic E-state index is -4.39. The van der Waals surface area contributed by atoms with Crippen molar-refractivity contribution in [1.82, 2.24) is 10.2 Å². The Morgan fingerprint density at radius 1 is 1.11 bits per heavy atom. The quantitative estimate of drug-likeness (QED) is 0.599. The van der Waals surface area contributed by atoms with Crippen molar-refractivity contribution >= 4 is 5.91 Å². The van der Waals surface area contributed by atoms with Crippen molar-refractivity contribution in [3.63, 3.8) is 0 Å². The van der Waals surface area contributed by atoms with E-state index < -0.39 is 17.2 Å². The fourth-order valence-corrected chi connectivity index (χ4v) is 5.90. The number of rotatable bonds is 5. The molecule has 2 atom stereocenters.